The Morgan fingerprint density at radius 3 is 2.06 bits per heavy atom. The Kier molecular flexibility index (Phi) is 8.57. The van der Waals surface area contributed by atoms with Crippen LogP contribution in [0.4, 0.5) is 0 Å². The predicted octanol–water partition coefficient (Wildman–Crippen LogP) is 5.59. The van der Waals surface area contributed by atoms with Crippen LogP contribution in [0.25, 0.3) is 0 Å². The van der Waals surface area contributed by atoms with Gasteiger partial charge in [-0.3, -0.25) is 9.59 Å². The molecule has 1 saturated carbocycles. The third-order valence-corrected chi connectivity index (χ3v) is 6.56. The monoisotopic (exact) mass is 477 g/mol. The number of hydrogen-bond donors (Lipinski definition) is 2. The molecule has 2 N–H and O–H groups in total. The van der Waals surface area contributed by atoms with E-state index in [0.717, 1.165) is 23.4 Å². The van der Waals surface area contributed by atoms with Crippen LogP contribution < -0.4 is 0 Å². The number of aliphatic hydroxyl groups is 1. The summed E-state index contributed by atoms with van der Waals surface area (Å²) in [4.78, 5) is 26.0. The third-order valence-electron chi connectivity index (χ3n) is 6.06. The predicted molar refractivity (Wildman–Crippen MR) is 126 cm³/mol. The summed E-state index contributed by atoms with van der Waals surface area (Å²) >= 11 is 11.5. The average Bonchev–Trinajstić information content (AvgIpc) is 3.57. The summed E-state index contributed by atoms with van der Waals surface area (Å²) in [5, 5.41) is 20.9. The van der Waals surface area contributed by atoms with Crippen LogP contribution in [0.5, 0.6) is 0 Å². The second-order valence-electron chi connectivity index (χ2n) is 8.55. The van der Waals surface area contributed by atoms with Gasteiger partial charge in [0, 0.05) is 16.0 Å². The van der Waals surface area contributed by atoms with E-state index in [1.165, 1.54) is 0 Å². The number of amides is 1. The van der Waals surface area contributed by atoms with Crippen LogP contribution in [0.15, 0.2) is 54.6 Å². The van der Waals surface area contributed by atoms with Gasteiger partial charge in [-0.25, -0.2) is 0 Å². The lowest BCUT2D eigenvalue weighted by Crippen LogP contribution is -2.54. The molecule has 0 bridgehead atoms. The van der Waals surface area contributed by atoms with Crippen LogP contribution in [-0.2, 0) is 9.59 Å². The molecule has 5 nitrogen and oxygen atoms in total. The number of carbonyl (C=O) groups excluding carboxylic acids is 1. The molecule has 172 valence electrons. The smallest absolute Gasteiger partial charge is 0.304 e. The zero-order chi connectivity index (χ0) is 23.3. The van der Waals surface area contributed by atoms with Crippen molar-refractivity contribution < 1.29 is 19.8 Å². The first kappa shape index (κ1) is 24.6. The van der Waals surface area contributed by atoms with Crippen LogP contribution in [0.3, 0.4) is 0 Å². The molecule has 4 rings (SSSR count). The van der Waals surface area contributed by atoms with E-state index >= 15 is 0 Å². The number of benzene rings is 2. The number of aliphatic hydroxyl groups excluding tert-OH is 1. The average molecular weight is 478 g/mol. The molecule has 2 fully saturated rings. The van der Waals surface area contributed by atoms with Crippen LogP contribution >= 0.6 is 23.2 Å². The van der Waals surface area contributed by atoms with Crippen LogP contribution in [0.1, 0.15) is 50.6 Å². The SMILES string of the molecule is CC(O)C(C1CC1)N1C(=O)C(CC(=O)O)CCC1c1ccc(Cl)cc1.Clc1ccccc1. The van der Waals surface area contributed by atoms with Gasteiger partial charge in [0.25, 0.3) is 0 Å². The minimum Gasteiger partial charge on any atom is -0.481 e. The molecule has 2 aromatic carbocycles. The molecular formula is C25H29Cl2NO4. The Hall–Kier alpha value is -2.08. The zero-order valence-corrected chi connectivity index (χ0v) is 19.5. The summed E-state index contributed by atoms with van der Waals surface area (Å²) < 4.78 is 0. The van der Waals surface area contributed by atoms with E-state index in [-0.39, 0.29) is 24.4 Å². The van der Waals surface area contributed by atoms with Gasteiger partial charge in [-0.15, -0.1) is 0 Å². The van der Waals surface area contributed by atoms with Crippen LogP contribution in [0, 0.1) is 11.8 Å². The molecule has 2 aromatic rings. The van der Waals surface area contributed by atoms with Crippen molar-refractivity contribution in [2.75, 3.05) is 0 Å². The van der Waals surface area contributed by atoms with E-state index in [2.05, 4.69) is 0 Å². The zero-order valence-electron chi connectivity index (χ0n) is 18.0. The van der Waals surface area contributed by atoms with Crippen molar-refractivity contribution in [3.8, 4) is 0 Å². The molecule has 1 amide bonds. The first-order valence-electron chi connectivity index (χ1n) is 11.0. The van der Waals surface area contributed by atoms with E-state index < -0.39 is 18.0 Å². The molecule has 4 unspecified atom stereocenters. The number of piperidine rings is 1. The second kappa shape index (κ2) is 11.2. The van der Waals surface area contributed by atoms with Gasteiger partial charge in [-0.1, -0.05) is 53.5 Å². The van der Waals surface area contributed by atoms with Gasteiger partial charge in [0.2, 0.25) is 5.91 Å². The Morgan fingerprint density at radius 2 is 1.59 bits per heavy atom. The van der Waals surface area contributed by atoms with Gasteiger partial charge in [0.1, 0.15) is 0 Å². The van der Waals surface area contributed by atoms with E-state index in [1.54, 1.807) is 24.0 Å². The largest absolute Gasteiger partial charge is 0.481 e. The summed E-state index contributed by atoms with van der Waals surface area (Å²) in [6, 6.07) is 16.5. The number of carboxylic acids is 1. The van der Waals surface area contributed by atoms with E-state index in [1.807, 2.05) is 42.5 Å². The summed E-state index contributed by atoms with van der Waals surface area (Å²) in [7, 11) is 0. The van der Waals surface area contributed by atoms with Crippen molar-refractivity contribution in [1.29, 1.82) is 0 Å². The lowest BCUT2D eigenvalue weighted by Gasteiger charge is -2.45. The van der Waals surface area contributed by atoms with Crippen LogP contribution in [-0.4, -0.2) is 39.1 Å². The lowest BCUT2D eigenvalue weighted by molar-refractivity contribution is -0.154. The number of carbonyl (C=O) groups is 2. The highest BCUT2D eigenvalue weighted by atomic mass is 35.5. The molecule has 2 aliphatic rings. The normalized spacial score (nSPS) is 22.5. The van der Waals surface area contributed by atoms with Gasteiger partial charge in [-0.2, -0.15) is 0 Å². The highest BCUT2D eigenvalue weighted by Gasteiger charge is 2.47. The van der Waals surface area contributed by atoms with Crippen molar-refractivity contribution in [2.24, 2.45) is 11.8 Å². The van der Waals surface area contributed by atoms with Crippen molar-refractivity contribution in [2.45, 2.75) is 57.2 Å². The van der Waals surface area contributed by atoms with E-state index in [0.29, 0.717) is 23.8 Å². The Balaban J connectivity index is 0.000000352. The fourth-order valence-electron chi connectivity index (χ4n) is 4.46. The summed E-state index contributed by atoms with van der Waals surface area (Å²) in [6.45, 7) is 1.72. The number of nitrogens with zero attached hydrogens (tertiary/aromatic N) is 1. The Bertz CT molecular complexity index is 898. The molecule has 0 spiro atoms. The molecule has 1 aliphatic carbocycles. The van der Waals surface area contributed by atoms with Gasteiger partial charge in [0.15, 0.2) is 0 Å². The lowest BCUT2D eigenvalue weighted by atomic mass is 9.84. The molecule has 4 atom stereocenters. The topological polar surface area (TPSA) is 77.8 Å². The van der Waals surface area contributed by atoms with Crippen molar-refractivity contribution in [3.63, 3.8) is 0 Å². The molecule has 7 heteroatoms. The molecule has 32 heavy (non-hydrogen) atoms. The standard InChI is InChI=1S/C19H24ClNO4.C6H5Cl/c1-11(22)18(13-2-3-13)21-16(12-4-7-15(20)8-5-12)9-6-14(19(21)25)10-17(23)24;7-6-4-2-1-3-5-6/h4-5,7-8,11,13-14,16,18,22H,2-3,6,9-10H2,1H3,(H,23,24);1-5H. The fraction of sp³-hybridized carbons (Fsp3) is 0.440. The van der Waals surface area contributed by atoms with Gasteiger partial charge >= 0.3 is 5.97 Å². The number of likely N-dealkylation sites (tertiary alicyclic amines) is 1. The Labute approximate surface area is 199 Å². The number of aliphatic carboxylic acids is 1. The third kappa shape index (κ3) is 6.47. The second-order valence-corrected chi connectivity index (χ2v) is 9.42. The first-order valence-corrected chi connectivity index (χ1v) is 11.7. The van der Waals surface area contributed by atoms with Crippen molar-refractivity contribution in [3.05, 3.63) is 70.2 Å². The molecule has 1 aliphatic heterocycles. The van der Waals surface area contributed by atoms with E-state index in [4.69, 9.17) is 28.3 Å². The van der Waals surface area contributed by atoms with Gasteiger partial charge in [-0.05, 0) is 68.4 Å². The maximum atomic E-state index is 13.1. The highest BCUT2D eigenvalue weighted by molar-refractivity contribution is 6.30. The maximum absolute atomic E-state index is 13.1. The van der Waals surface area contributed by atoms with Crippen LogP contribution in [0.2, 0.25) is 10.0 Å². The van der Waals surface area contributed by atoms with Gasteiger partial charge < -0.3 is 15.1 Å². The molecule has 1 heterocycles. The number of hydrogen-bond acceptors (Lipinski definition) is 3. The van der Waals surface area contributed by atoms with Crippen molar-refractivity contribution in [1.82, 2.24) is 4.90 Å². The van der Waals surface area contributed by atoms with Gasteiger partial charge in [0.05, 0.1) is 24.6 Å². The number of rotatable bonds is 6. The Morgan fingerprint density at radius 1 is 1.00 bits per heavy atom. The van der Waals surface area contributed by atoms with E-state index in [9.17, 15) is 14.7 Å². The highest BCUT2D eigenvalue weighted by Crippen LogP contribution is 2.44. The maximum Gasteiger partial charge on any atom is 0.304 e. The molecule has 1 saturated heterocycles. The minimum atomic E-state index is -0.955. The number of halogens is 2. The molecule has 0 radical (unpaired) electrons. The quantitative estimate of drug-likeness (QED) is 0.567. The fourth-order valence-corrected chi connectivity index (χ4v) is 4.73. The summed E-state index contributed by atoms with van der Waals surface area (Å²) in [5.74, 6) is -1.32. The molecular weight excluding hydrogens is 449 g/mol. The minimum absolute atomic E-state index is 0.144. The van der Waals surface area contributed by atoms with Crippen molar-refractivity contribution >= 4 is 35.1 Å². The summed E-state index contributed by atoms with van der Waals surface area (Å²) in [6.07, 6.45) is 2.44. The first-order chi connectivity index (χ1) is 15.3. The number of carboxylic acid groups (broad SMARTS) is 1. The summed E-state index contributed by atoms with van der Waals surface area (Å²) in [5.41, 5.74) is 0.984. The molecule has 0 aromatic heterocycles.